The number of nitrogens with one attached hydrogen (secondary N) is 1. The lowest BCUT2D eigenvalue weighted by Crippen LogP contribution is -2.24. The van der Waals surface area contributed by atoms with E-state index in [2.05, 4.69) is 10.5 Å². The van der Waals surface area contributed by atoms with Gasteiger partial charge in [-0.3, -0.25) is 14.9 Å². The van der Waals surface area contributed by atoms with Crippen LogP contribution in [0, 0.1) is 17.0 Å². The Morgan fingerprint density at radius 1 is 1.28 bits per heavy atom. The van der Waals surface area contributed by atoms with E-state index in [-0.39, 0.29) is 12.3 Å². The van der Waals surface area contributed by atoms with Crippen LogP contribution in [-0.4, -0.2) is 30.8 Å². The minimum absolute atomic E-state index is 0.00483. The number of nitro benzene ring substituents is 1. The second-order valence-corrected chi connectivity index (χ2v) is 5.04. The maximum Gasteiger partial charge on any atom is 0.277 e. The van der Waals surface area contributed by atoms with E-state index in [1.54, 1.807) is 43.3 Å². The zero-order valence-electron chi connectivity index (χ0n) is 13.8. The average molecular weight is 343 g/mol. The number of rotatable bonds is 7. The van der Waals surface area contributed by atoms with Crippen LogP contribution in [0.25, 0.3) is 0 Å². The van der Waals surface area contributed by atoms with Gasteiger partial charge in [0.1, 0.15) is 0 Å². The number of nitrogens with zero attached hydrogens (tertiary/aromatic N) is 2. The van der Waals surface area contributed by atoms with Gasteiger partial charge in [-0.15, -0.1) is 0 Å². The van der Waals surface area contributed by atoms with Crippen molar-refractivity contribution in [2.45, 2.75) is 6.92 Å². The minimum Gasteiger partial charge on any atom is -0.493 e. The molecule has 0 bridgehead atoms. The van der Waals surface area contributed by atoms with Crippen LogP contribution in [0.4, 0.5) is 5.69 Å². The number of hydrazone groups is 1. The molecule has 0 saturated heterocycles. The molecule has 1 N–H and O–H groups in total. The van der Waals surface area contributed by atoms with Crippen LogP contribution >= 0.6 is 0 Å². The van der Waals surface area contributed by atoms with Gasteiger partial charge in [0, 0.05) is 17.2 Å². The van der Waals surface area contributed by atoms with Crippen molar-refractivity contribution in [1.29, 1.82) is 0 Å². The first-order chi connectivity index (χ1) is 12.0. The average Bonchev–Trinajstić information content (AvgIpc) is 2.61. The Hall–Kier alpha value is -3.42. The summed E-state index contributed by atoms with van der Waals surface area (Å²) < 4.78 is 10.5. The third-order valence-corrected chi connectivity index (χ3v) is 3.26. The van der Waals surface area contributed by atoms with Gasteiger partial charge in [-0.05, 0) is 19.1 Å². The molecule has 0 heterocycles. The molecule has 0 unspecified atom stereocenters. The lowest BCUT2D eigenvalue weighted by atomic mass is 10.1. The van der Waals surface area contributed by atoms with Crippen LogP contribution < -0.4 is 14.9 Å². The number of methoxy groups -OCH3 is 1. The van der Waals surface area contributed by atoms with Gasteiger partial charge in [-0.25, -0.2) is 5.43 Å². The van der Waals surface area contributed by atoms with Crippen LogP contribution in [0.1, 0.15) is 11.1 Å². The molecular weight excluding hydrogens is 326 g/mol. The molecule has 0 aromatic heterocycles. The number of para-hydroxylation sites is 2. The molecule has 130 valence electrons. The highest BCUT2D eigenvalue weighted by atomic mass is 16.6. The molecule has 8 nitrogen and oxygen atoms in total. The summed E-state index contributed by atoms with van der Waals surface area (Å²) >= 11 is 0. The number of ether oxygens (including phenoxy) is 2. The maximum atomic E-state index is 11.7. The van der Waals surface area contributed by atoms with Crippen LogP contribution in [0.15, 0.2) is 47.6 Å². The van der Waals surface area contributed by atoms with E-state index < -0.39 is 10.8 Å². The Morgan fingerprint density at radius 2 is 2.00 bits per heavy atom. The van der Waals surface area contributed by atoms with E-state index in [4.69, 9.17) is 9.47 Å². The standard InChI is InChI=1S/C17H17N3O5/c1-12-7-8-13(9-14(12)20(22)23)10-18-19-17(21)11-25-16-6-4-3-5-15(16)24-2/h3-10H,11H2,1-2H3,(H,19,21)/b18-10-. The molecule has 0 aliphatic heterocycles. The van der Waals surface area contributed by atoms with Gasteiger partial charge in [-0.1, -0.05) is 24.3 Å². The van der Waals surface area contributed by atoms with Crippen molar-refractivity contribution in [1.82, 2.24) is 5.43 Å². The molecule has 25 heavy (non-hydrogen) atoms. The molecule has 0 spiro atoms. The van der Waals surface area contributed by atoms with Gasteiger partial charge < -0.3 is 9.47 Å². The largest absolute Gasteiger partial charge is 0.493 e. The fourth-order valence-corrected chi connectivity index (χ4v) is 2.00. The number of hydrogen-bond acceptors (Lipinski definition) is 6. The summed E-state index contributed by atoms with van der Waals surface area (Å²) in [7, 11) is 1.51. The quantitative estimate of drug-likeness (QED) is 0.472. The Kier molecular flexibility index (Phi) is 6.05. The Morgan fingerprint density at radius 3 is 2.68 bits per heavy atom. The fraction of sp³-hybridized carbons (Fsp3) is 0.176. The number of carbonyl (C=O) groups excluding carboxylic acids is 1. The molecule has 8 heteroatoms. The predicted octanol–water partition coefficient (Wildman–Crippen LogP) is 2.44. The first-order valence-corrected chi connectivity index (χ1v) is 7.34. The summed E-state index contributed by atoms with van der Waals surface area (Å²) in [6.45, 7) is 1.40. The number of benzene rings is 2. The van der Waals surface area contributed by atoms with Crippen LogP contribution in [0.5, 0.6) is 11.5 Å². The van der Waals surface area contributed by atoms with Crippen LogP contribution in [-0.2, 0) is 4.79 Å². The van der Waals surface area contributed by atoms with E-state index in [1.807, 2.05) is 0 Å². The van der Waals surface area contributed by atoms with E-state index >= 15 is 0 Å². The summed E-state index contributed by atoms with van der Waals surface area (Å²) in [6.07, 6.45) is 1.33. The van der Waals surface area contributed by atoms with Crippen molar-refractivity contribution < 1.29 is 19.2 Å². The van der Waals surface area contributed by atoms with Crippen molar-refractivity contribution >= 4 is 17.8 Å². The van der Waals surface area contributed by atoms with Crippen molar-refractivity contribution in [2.24, 2.45) is 5.10 Å². The third-order valence-electron chi connectivity index (χ3n) is 3.26. The van der Waals surface area contributed by atoms with Crippen LogP contribution in [0.2, 0.25) is 0 Å². The second kappa shape index (κ2) is 8.44. The molecular formula is C17H17N3O5. The third kappa shape index (κ3) is 5.03. The summed E-state index contributed by atoms with van der Waals surface area (Å²) in [5.41, 5.74) is 3.35. The smallest absolute Gasteiger partial charge is 0.277 e. The van der Waals surface area contributed by atoms with Crippen molar-refractivity contribution in [3.05, 3.63) is 63.7 Å². The first-order valence-electron chi connectivity index (χ1n) is 7.34. The Bertz CT molecular complexity index is 805. The van der Waals surface area contributed by atoms with Gasteiger partial charge >= 0.3 is 0 Å². The molecule has 0 aliphatic carbocycles. The van der Waals surface area contributed by atoms with Gasteiger partial charge in [-0.2, -0.15) is 5.10 Å². The SMILES string of the molecule is COc1ccccc1OCC(=O)N/N=C\c1ccc(C)c([N+](=O)[O-])c1. The number of nitro groups is 1. The molecule has 0 aliphatic rings. The zero-order valence-corrected chi connectivity index (χ0v) is 13.8. The predicted molar refractivity (Wildman–Crippen MR) is 92.1 cm³/mol. The summed E-state index contributed by atoms with van der Waals surface area (Å²) in [4.78, 5) is 22.2. The van der Waals surface area contributed by atoms with E-state index in [0.717, 1.165) is 0 Å². The molecule has 0 saturated carbocycles. The summed E-state index contributed by atoms with van der Waals surface area (Å²) in [6, 6.07) is 11.6. The van der Waals surface area contributed by atoms with E-state index in [9.17, 15) is 14.9 Å². The molecule has 2 aromatic carbocycles. The highest BCUT2D eigenvalue weighted by Gasteiger charge is 2.10. The molecule has 0 atom stereocenters. The number of amides is 1. The monoisotopic (exact) mass is 343 g/mol. The molecule has 2 rings (SSSR count). The number of aryl methyl sites for hydroxylation is 1. The Labute approximate surface area is 144 Å². The highest BCUT2D eigenvalue weighted by molar-refractivity contribution is 5.83. The van der Waals surface area contributed by atoms with Crippen molar-refractivity contribution in [3.8, 4) is 11.5 Å². The zero-order chi connectivity index (χ0) is 18.2. The van der Waals surface area contributed by atoms with Crippen molar-refractivity contribution in [2.75, 3.05) is 13.7 Å². The number of hydrogen-bond donors (Lipinski definition) is 1. The first kappa shape index (κ1) is 17.9. The number of carbonyl (C=O) groups is 1. The maximum absolute atomic E-state index is 11.7. The lowest BCUT2D eigenvalue weighted by Gasteiger charge is -2.09. The van der Waals surface area contributed by atoms with Gasteiger partial charge in [0.2, 0.25) is 0 Å². The lowest BCUT2D eigenvalue weighted by molar-refractivity contribution is -0.385. The van der Waals surface area contributed by atoms with Crippen molar-refractivity contribution in [3.63, 3.8) is 0 Å². The topological polar surface area (TPSA) is 103 Å². The van der Waals surface area contributed by atoms with Gasteiger partial charge in [0.05, 0.1) is 18.2 Å². The van der Waals surface area contributed by atoms with E-state index in [0.29, 0.717) is 22.6 Å². The molecule has 2 aromatic rings. The highest BCUT2D eigenvalue weighted by Crippen LogP contribution is 2.25. The fourth-order valence-electron chi connectivity index (χ4n) is 2.00. The summed E-state index contributed by atoms with van der Waals surface area (Å²) in [5, 5.41) is 14.7. The molecule has 0 radical (unpaired) electrons. The summed E-state index contributed by atoms with van der Waals surface area (Å²) in [5.74, 6) is 0.493. The molecule has 0 fully saturated rings. The minimum atomic E-state index is -0.469. The van der Waals surface area contributed by atoms with Crippen LogP contribution in [0.3, 0.4) is 0 Å². The van der Waals surface area contributed by atoms with Gasteiger partial charge in [0.15, 0.2) is 18.1 Å². The van der Waals surface area contributed by atoms with E-state index in [1.165, 1.54) is 19.4 Å². The molecule has 1 amide bonds. The van der Waals surface area contributed by atoms with Gasteiger partial charge in [0.25, 0.3) is 11.6 Å². The Balaban J connectivity index is 1.90. The normalized spacial score (nSPS) is 10.5. The second-order valence-electron chi connectivity index (χ2n) is 5.04.